The van der Waals surface area contributed by atoms with Gasteiger partial charge in [0.05, 0.1) is 5.69 Å². The molecule has 2 aromatic rings. The zero-order valence-corrected chi connectivity index (χ0v) is 9.06. The van der Waals surface area contributed by atoms with Gasteiger partial charge in [-0.25, -0.2) is 0 Å². The van der Waals surface area contributed by atoms with Crippen molar-refractivity contribution < 1.29 is 14.4 Å². The highest BCUT2D eigenvalue weighted by molar-refractivity contribution is 5.79. The highest BCUT2D eigenvalue weighted by Gasteiger charge is 2.05. The van der Waals surface area contributed by atoms with E-state index in [4.69, 9.17) is 9.63 Å². The van der Waals surface area contributed by atoms with Gasteiger partial charge in [-0.3, -0.25) is 4.79 Å². The molecule has 2 rings (SSSR count). The van der Waals surface area contributed by atoms with Crippen molar-refractivity contribution in [2.45, 2.75) is 26.2 Å². The predicted octanol–water partition coefficient (Wildman–Crippen LogP) is 2.54. The highest BCUT2D eigenvalue weighted by atomic mass is 16.5. The molecule has 0 saturated heterocycles. The Balaban J connectivity index is 2.11. The summed E-state index contributed by atoms with van der Waals surface area (Å²) < 4.78 is 5.15. The Morgan fingerprint density at radius 2 is 2.31 bits per heavy atom. The van der Waals surface area contributed by atoms with Crippen LogP contribution in [-0.4, -0.2) is 16.2 Å². The quantitative estimate of drug-likeness (QED) is 0.858. The van der Waals surface area contributed by atoms with E-state index in [1.54, 1.807) is 0 Å². The summed E-state index contributed by atoms with van der Waals surface area (Å²) in [5, 5.41) is 13.4. The Hall–Kier alpha value is -1.84. The Morgan fingerprint density at radius 3 is 3.06 bits per heavy atom. The van der Waals surface area contributed by atoms with Gasteiger partial charge in [0.15, 0.2) is 5.58 Å². The van der Waals surface area contributed by atoms with Gasteiger partial charge in [0.2, 0.25) is 0 Å². The van der Waals surface area contributed by atoms with Crippen LogP contribution in [0.1, 0.15) is 24.1 Å². The summed E-state index contributed by atoms with van der Waals surface area (Å²) >= 11 is 0. The minimum absolute atomic E-state index is 0.202. The number of nitrogens with zero attached hydrogens (tertiary/aromatic N) is 1. The first kappa shape index (κ1) is 10.7. The lowest BCUT2D eigenvalue weighted by Crippen LogP contribution is -1.95. The number of carbonyl (C=O) groups is 1. The first-order valence-electron chi connectivity index (χ1n) is 5.23. The van der Waals surface area contributed by atoms with E-state index in [0.29, 0.717) is 6.42 Å². The Bertz CT molecular complexity index is 516. The summed E-state index contributed by atoms with van der Waals surface area (Å²) in [5.74, 6) is -0.753. The molecule has 0 aliphatic rings. The van der Waals surface area contributed by atoms with Crippen molar-refractivity contribution in [2.75, 3.05) is 0 Å². The van der Waals surface area contributed by atoms with Gasteiger partial charge < -0.3 is 9.63 Å². The van der Waals surface area contributed by atoms with E-state index in [9.17, 15) is 4.79 Å². The molecule has 0 saturated carbocycles. The third-order valence-corrected chi connectivity index (χ3v) is 2.57. The molecular formula is C12H13NO3. The molecule has 0 aliphatic heterocycles. The largest absolute Gasteiger partial charge is 0.481 e. The maximum Gasteiger partial charge on any atom is 0.303 e. The second-order valence-corrected chi connectivity index (χ2v) is 3.85. The lowest BCUT2D eigenvalue weighted by molar-refractivity contribution is -0.137. The fourth-order valence-electron chi connectivity index (χ4n) is 1.71. The number of aromatic nitrogens is 1. The van der Waals surface area contributed by atoms with Gasteiger partial charge in [-0.1, -0.05) is 11.2 Å². The second kappa shape index (κ2) is 4.35. The van der Waals surface area contributed by atoms with Crippen molar-refractivity contribution in [3.63, 3.8) is 0 Å². The summed E-state index contributed by atoms with van der Waals surface area (Å²) in [7, 11) is 0. The van der Waals surface area contributed by atoms with Crippen LogP contribution in [0.4, 0.5) is 0 Å². The van der Waals surface area contributed by atoms with Crippen molar-refractivity contribution in [2.24, 2.45) is 0 Å². The van der Waals surface area contributed by atoms with Gasteiger partial charge in [0, 0.05) is 11.8 Å². The monoisotopic (exact) mass is 219 g/mol. The van der Waals surface area contributed by atoms with Crippen LogP contribution in [0.3, 0.4) is 0 Å². The lowest BCUT2D eigenvalue weighted by Gasteiger charge is -1.98. The van der Waals surface area contributed by atoms with E-state index in [2.05, 4.69) is 5.16 Å². The van der Waals surface area contributed by atoms with Gasteiger partial charge in [-0.05, 0) is 37.5 Å². The van der Waals surface area contributed by atoms with Crippen molar-refractivity contribution in [3.05, 3.63) is 29.5 Å². The Morgan fingerprint density at radius 1 is 1.50 bits per heavy atom. The normalized spacial score (nSPS) is 10.8. The van der Waals surface area contributed by atoms with Crippen molar-refractivity contribution in [3.8, 4) is 0 Å². The molecule has 0 fully saturated rings. The van der Waals surface area contributed by atoms with Gasteiger partial charge in [0.1, 0.15) is 0 Å². The number of carboxylic acid groups (broad SMARTS) is 1. The SMILES string of the molecule is Cc1noc2cc(CCCC(=O)O)ccc12. The molecule has 1 aromatic carbocycles. The first-order chi connectivity index (χ1) is 7.66. The molecule has 0 spiro atoms. The van der Waals surface area contributed by atoms with Crippen LogP contribution < -0.4 is 0 Å². The molecule has 0 radical (unpaired) electrons. The third kappa shape index (κ3) is 2.21. The topological polar surface area (TPSA) is 63.3 Å². The number of benzene rings is 1. The molecule has 0 bridgehead atoms. The molecule has 0 atom stereocenters. The minimum Gasteiger partial charge on any atom is -0.481 e. The highest BCUT2D eigenvalue weighted by Crippen LogP contribution is 2.20. The molecular weight excluding hydrogens is 206 g/mol. The van der Waals surface area contributed by atoms with E-state index in [-0.39, 0.29) is 6.42 Å². The van der Waals surface area contributed by atoms with Crippen LogP contribution in [0.5, 0.6) is 0 Å². The van der Waals surface area contributed by atoms with Crippen LogP contribution in [0.15, 0.2) is 22.7 Å². The molecule has 4 heteroatoms. The first-order valence-corrected chi connectivity index (χ1v) is 5.23. The molecule has 1 N–H and O–H groups in total. The summed E-state index contributed by atoms with van der Waals surface area (Å²) in [6.07, 6.45) is 1.60. The van der Waals surface area contributed by atoms with Gasteiger partial charge >= 0.3 is 5.97 Å². The molecule has 0 aliphatic carbocycles. The summed E-state index contributed by atoms with van der Waals surface area (Å²) in [6.45, 7) is 1.90. The van der Waals surface area contributed by atoms with Crippen molar-refractivity contribution in [1.82, 2.24) is 5.16 Å². The maximum atomic E-state index is 10.4. The summed E-state index contributed by atoms with van der Waals surface area (Å²) in [5.41, 5.74) is 2.74. The minimum atomic E-state index is -0.753. The molecule has 4 nitrogen and oxygen atoms in total. The lowest BCUT2D eigenvalue weighted by atomic mass is 10.1. The maximum absolute atomic E-state index is 10.4. The average Bonchev–Trinajstić information content (AvgIpc) is 2.60. The van der Waals surface area contributed by atoms with E-state index in [1.807, 2.05) is 25.1 Å². The standard InChI is InChI=1S/C12H13NO3/c1-8-10-6-5-9(3-2-4-12(14)15)7-11(10)16-13-8/h5-7H,2-4H2,1H3,(H,14,15). The predicted molar refractivity (Wildman–Crippen MR) is 59.3 cm³/mol. The number of rotatable bonds is 4. The number of carboxylic acids is 1. The number of hydrogen-bond acceptors (Lipinski definition) is 3. The fraction of sp³-hybridized carbons (Fsp3) is 0.333. The van der Waals surface area contributed by atoms with Crippen LogP contribution in [-0.2, 0) is 11.2 Å². The molecule has 0 amide bonds. The number of hydrogen-bond donors (Lipinski definition) is 1. The van der Waals surface area contributed by atoms with E-state index in [1.165, 1.54) is 0 Å². The Kier molecular flexibility index (Phi) is 2.90. The molecule has 1 heterocycles. The van der Waals surface area contributed by atoms with Crippen molar-refractivity contribution in [1.29, 1.82) is 0 Å². The second-order valence-electron chi connectivity index (χ2n) is 3.85. The zero-order chi connectivity index (χ0) is 11.5. The number of aliphatic carboxylic acids is 1. The fourth-order valence-corrected chi connectivity index (χ4v) is 1.71. The van der Waals surface area contributed by atoms with Crippen LogP contribution in [0.2, 0.25) is 0 Å². The van der Waals surface area contributed by atoms with Crippen LogP contribution in [0, 0.1) is 6.92 Å². The molecule has 16 heavy (non-hydrogen) atoms. The molecule has 1 aromatic heterocycles. The zero-order valence-electron chi connectivity index (χ0n) is 9.06. The van der Waals surface area contributed by atoms with Gasteiger partial charge in [-0.2, -0.15) is 0 Å². The third-order valence-electron chi connectivity index (χ3n) is 2.57. The Labute approximate surface area is 92.9 Å². The van der Waals surface area contributed by atoms with Gasteiger partial charge in [0.25, 0.3) is 0 Å². The van der Waals surface area contributed by atoms with E-state index < -0.39 is 5.97 Å². The molecule has 0 unspecified atom stereocenters. The van der Waals surface area contributed by atoms with Crippen molar-refractivity contribution >= 4 is 16.9 Å². The number of fused-ring (bicyclic) bond motifs is 1. The number of aryl methyl sites for hydroxylation is 2. The summed E-state index contributed by atoms with van der Waals surface area (Å²) in [4.78, 5) is 10.4. The van der Waals surface area contributed by atoms with Crippen LogP contribution >= 0.6 is 0 Å². The average molecular weight is 219 g/mol. The van der Waals surface area contributed by atoms with E-state index >= 15 is 0 Å². The smallest absolute Gasteiger partial charge is 0.303 e. The molecule has 84 valence electrons. The van der Waals surface area contributed by atoms with Crippen LogP contribution in [0.25, 0.3) is 11.0 Å². The summed E-state index contributed by atoms with van der Waals surface area (Å²) in [6, 6.07) is 5.89. The van der Waals surface area contributed by atoms with E-state index in [0.717, 1.165) is 28.6 Å². The van der Waals surface area contributed by atoms with Gasteiger partial charge in [-0.15, -0.1) is 0 Å².